The zero-order valence-electron chi connectivity index (χ0n) is 25.6. The summed E-state index contributed by atoms with van der Waals surface area (Å²) in [5.41, 5.74) is 8.94. The van der Waals surface area contributed by atoms with Gasteiger partial charge in [0, 0.05) is 19.2 Å². The van der Waals surface area contributed by atoms with Gasteiger partial charge in [0.1, 0.15) is 17.0 Å². The summed E-state index contributed by atoms with van der Waals surface area (Å²) in [6.07, 6.45) is 0.519. The van der Waals surface area contributed by atoms with Gasteiger partial charge in [-0.2, -0.15) is 9.69 Å². The van der Waals surface area contributed by atoms with E-state index in [1.54, 1.807) is 60.6 Å². The molecule has 0 saturated carbocycles. The smallest absolute Gasteiger partial charge is 0.425 e. The van der Waals surface area contributed by atoms with Crippen molar-refractivity contribution in [2.75, 3.05) is 4.90 Å². The first-order valence-corrected chi connectivity index (χ1v) is 16.3. The van der Waals surface area contributed by atoms with Crippen molar-refractivity contribution < 1.29 is 28.6 Å². The molecule has 2 heterocycles. The molecule has 0 spiro atoms. The number of hydrogen-bond donors (Lipinski definition) is 0. The molecule has 11 heteroatoms. The number of ether oxygens (including phenoxy) is 2. The van der Waals surface area contributed by atoms with Crippen LogP contribution in [0, 0.1) is 5.92 Å². The first-order valence-electron chi connectivity index (χ1n) is 13.3. The number of imide groups is 1. The molecule has 0 N–H and O–H groups in total. The van der Waals surface area contributed by atoms with Crippen molar-refractivity contribution in [1.29, 1.82) is 0 Å². The number of carbonyl (C=O) groups is 3. The summed E-state index contributed by atoms with van der Waals surface area (Å²) >= 11 is 0. The molecule has 10 nitrogen and oxygen atoms in total. The molecule has 39 heavy (non-hydrogen) atoms. The van der Waals surface area contributed by atoms with Crippen LogP contribution in [0.1, 0.15) is 81.2 Å². The summed E-state index contributed by atoms with van der Waals surface area (Å²) in [5.74, 6) is -0.233. The minimum absolute atomic E-state index is 0.0497. The summed E-state index contributed by atoms with van der Waals surface area (Å²) in [5, 5.41) is -0.0543. The van der Waals surface area contributed by atoms with Crippen LogP contribution in [0.2, 0.25) is 18.1 Å². The molecule has 1 saturated heterocycles. The quantitative estimate of drug-likeness (QED) is 0.134. The number of carbonyl (C=O) groups excluding carboxylic acids is 3. The molecule has 1 fully saturated rings. The van der Waals surface area contributed by atoms with Gasteiger partial charge < -0.3 is 19.6 Å². The molecule has 2 atom stereocenters. The first-order chi connectivity index (χ1) is 17.6. The van der Waals surface area contributed by atoms with Gasteiger partial charge >= 0.3 is 12.2 Å². The van der Waals surface area contributed by atoms with Gasteiger partial charge in [0.25, 0.3) is 5.71 Å². The van der Waals surface area contributed by atoms with Crippen molar-refractivity contribution in [2.24, 2.45) is 5.92 Å². The number of pyridine rings is 1. The Labute approximate surface area is 233 Å². The minimum Gasteiger partial charge on any atom is -0.443 e. The highest BCUT2D eigenvalue weighted by Gasteiger charge is 2.57. The Balaban J connectivity index is 2.44. The fourth-order valence-corrected chi connectivity index (χ4v) is 6.84. The third-order valence-electron chi connectivity index (χ3n) is 7.11. The predicted molar refractivity (Wildman–Crippen MR) is 153 cm³/mol. The second-order valence-electron chi connectivity index (χ2n) is 13.8. The van der Waals surface area contributed by atoms with Gasteiger partial charge in [-0.3, -0.25) is 4.79 Å². The molecule has 1 aromatic rings. The largest absolute Gasteiger partial charge is 0.443 e. The molecule has 0 unspecified atom stereocenters. The van der Waals surface area contributed by atoms with Crippen LogP contribution in [0.3, 0.4) is 0 Å². The third kappa shape index (κ3) is 7.76. The second kappa shape index (κ2) is 11.2. The Bertz CT molecular complexity index is 1130. The highest BCUT2D eigenvalue weighted by Crippen LogP contribution is 2.46. The first kappa shape index (κ1) is 32.2. The number of aromatic nitrogens is 1. The van der Waals surface area contributed by atoms with E-state index in [1.165, 1.54) is 6.20 Å². The summed E-state index contributed by atoms with van der Waals surface area (Å²) in [6.45, 7) is 22.8. The Hall–Kier alpha value is -3.04. The Morgan fingerprint density at radius 1 is 1.05 bits per heavy atom. The Kier molecular flexibility index (Phi) is 9.25. The number of anilines is 1. The fraction of sp³-hybridized carbons (Fsp3) is 0.679. The SMILES string of the molecule is CC(C[C@@H]1[C@@H](Cc2ccnc(N(C(=O)OC(C)(C)C)C(=O)OC(C)(C)C)c2)C(=O)N1[Si](C)(C)C(C)(C)C)=[N+]=[N-]. The van der Waals surface area contributed by atoms with E-state index in [4.69, 9.17) is 9.47 Å². The Morgan fingerprint density at radius 2 is 1.56 bits per heavy atom. The molecule has 1 aromatic heterocycles. The summed E-state index contributed by atoms with van der Waals surface area (Å²) in [7, 11) is -2.19. The average Bonchev–Trinajstić information content (AvgIpc) is 2.74. The molecule has 0 radical (unpaired) electrons. The molecule has 0 aromatic carbocycles. The zero-order chi connectivity index (χ0) is 30.1. The van der Waals surface area contributed by atoms with E-state index in [0.29, 0.717) is 18.6 Å². The van der Waals surface area contributed by atoms with Crippen LogP contribution < -0.4 is 4.90 Å². The fourth-order valence-electron chi connectivity index (χ4n) is 4.30. The zero-order valence-corrected chi connectivity index (χ0v) is 26.6. The van der Waals surface area contributed by atoms with E-state index in [9.17, 15) is 19.9 Å². The number of rotatable bonds is 6. The second-order valence-corrected chi connectivity index (χ2v) is 18.9. The van der Waals surface area contributed by atoms with Crippen LogP contribution in [0.15, 0.2) is 18.3 Å². The van der Waals surface area contributed by atoms with Crippen molar-refractivity contribution in [2.45, 2.75) is 117 Å². The molecule has 0 bridgehead atoms. The van der Waals surface area contributed by atoms with E-state index in [0.717, 1.165) is 10.5 Å². The van der Waals surface area contributed by atoms with Gasteiger partial charge in [-0.25, -0.2) is 14.6 Å². The molecule has 3 amide bonds. The summed E-state index contributed by atoms with van der Waals surface area (Å²) < 4.78 is 13.0. The van der Waals surface area contributed by atoms with E-state index in [-0.39, 0.29) is 28.7 Å². The third-order valence-corrected chi connectivity index (χ3v) is 12.5. The number of amides is 3. The maximum atomic E-state index is 13.6. The normalized spacial score (nSPS) is 18.2. The van der Waals surface area contributed by atoms with E-state index >= 15 is 0 Å². The van der Waals surface area contributed by atoms with Crippen molar-refractivity contribution in [3.8, 4) is 0 Å². The van der Waals surface area contributed by atoms with Crippen LogP contribution in [0.25, 0.3) is 5.53 Å². The van der Waals surface area contributed by atoms with Crippen molar-refractivity contribution in [3.63, 3.8) is 0 Å². The molecule has 1 aliphatic rings. The van der Waals surface area contributed by atoms with Crippen molar-refractivity contribution in [1.82, 2.24) is 9.55 Å². The molecule has 0 aliphatic carbocycles. The average molecular weight is 560 g/mol. The molecule has 2 rings (SSSR count). The van der Waals surface area contributed by atoms with E-state index in [1.807, 2.05) is 4.57 Å². The lowest BCUT2D eigenvalue weighted by Gasteiger charge is -2.58. The van der Waals surface area contributed by atoms with Crippen molar-refractivity contribution in [3.05, 3.63) is 29.4 Å². The van der Waals surface area contributed by atoms with Crippen LogP contribution in [0.5, 0.6) is 0 Å². The van der Waals surface area contributed by atoms with Crippen LogP contribution in [-0.2, 0) is 20.7 Å². The number of nitrogens with zero attached hydrogens (tertiary/aromatic N) is 5. The van der Waals surface area contributed by atoms with Gasteiger partial charge in [0.2, 0.25) is 5.91 Å². The highest BCUT2D eigenvalue weighted by atomic mass is 28.3. The van der Waals surface area contributed by atoms with Crippen LogP contribution in [-0.4, -0.2) is 63.6 Å². The molecular formula is C28H45N5O5Si. The maximum Gasteiger partial charge on any atom is 0.425 e. The monoisotopic (exact) mass is 559 g/mol. The Morgan fingerprint density at radius 3 is 2.00 bits per heavy atom. The topological polar surface area (TPSA) is 125 Å². The summed E-state index contributed by atoms with van der Waals surface area (Å²) in [6, 6.07) is 3.25. The van der Waals surface area contributed by atoms with E-state index in [2.05, 4.69) is 43.6 Å². The van der Waals surface area contributed by atoms with Gasteiger partial charge in [-0.15, -0.1) is 0 Å². The standard InChI is InChI=1S/C28H45N5O5Si/c1-18(31-29)15-21-20(23(34)33(21)39(11,12)28(8,9)10)16-19-13-14-30-22(17-19)32(24(35)37-26(2,3)4)25(36)38-27(5,6)7/h13-14,17,20-21H,15-16H2,1-12H3/t20-,21-/m1/s1. The minimum atomic E-state index is -2.19. The maximum absolute atomic E-state index is 13.6. The molecule has 216 valence electrons. The van der Waals surface area contributed by atoms with Crippen LogP contribution in [0.4, 0.5) is 15.4 Å². The predicted octanol–water partition coefficient (Wildman–Crippen LogP) is 6.21. The van der Waals surface area contributed by atoms with Gasteiger partial charge in [0.15, 0.2) is 8.24 Å². The number of β-lactam (4-membered cyclic amide) rings is 1. The highest BCUT2D eigenvalue weighted by molar-refractivity contribution is 6.80. The van der Waals surface area contributed by atoms with E-state index < -0.39 is 31.6 Å². The van der Waals surface area contributed by atoms with Gasteiger partial charge in [-0.05, 0) is 70.7 Å². The van der Waals surface area contributed by atoms with Gasteiger partial charge in [-0.1, -0.05) is 33.9 Å². The van der Waals surface area contributed by atoms with Gasteiger partial charge in [0.05, 0.1) is 12.3 Å². The summed E-state index contributed by atoms with van der Waals surface area (Å²) in [4.78, 5) is 48.1. The van der Waals surface area contributed by atoms with Crippen LogP contribution >= 0.6 is 0 Å². The lowest BCUT2D eigenvalue weighted by molar-refractivity contribution is -0.148. The number of hydrogen-bond acceptors (Lipinski definition) is 6. The molecule has 1 aliphatic heterocycles. The lowest BCUT2D eigenvalue weighted by atomic mass is 9.82. The van der Waals surface area contributed by atoms with Crippen molar-refractivity contribution >= 4 is 37.9 Å². The lowest BCUT2D eigenvalue weighted by Crippen LogP contribution is -2.73. The molecular weight excluding hydrogens is 514 g/mol.